The van der Waals surface area contributed by atoms with Crippen molar-refractivity contribution in [1.29, 1.82) is 0 Å². The van der Waals surface area contributed by atoms with Gasteiger partial charge < -0.3 is 5.32 Å². The van der Waals surface area contributed by atoms with Crippen LogP contribution >= 0.6 is 11.8 Å². The Morgan fingerprint density at radius 1 is 0.947 bits per heavy atom. The molecular weight excluding hydrogens is 254 g/mol. The molecule has 2 heterocycles. The molecule has 0 saturated carbocycles. The zero-order valence-electron chi connectivity index (χ0n) is 10.3. The normalized spacial score (nSPS) is 18.8. The third-order valence-corrected chi connectivity index (χ3v) is 5.23. The average molecular weight is 267 g/mol. The van der Waals surface area contributed by atoms with E-state index in [9.17, 15) is 4.79 Å². The molecule has 0 bridgehead atoms. The van der Waals surface area contributed by atoms with Crippen LogP contribution in [0.25, 0.3) is 0 Å². The lowest BCUT2D eigenvalue weighted by Crippen LogP contribution is -2.33. The second kappa shape index (κ2) is 3.87. The fourth-order valence-corrected chi connectivity index (χ4v) is 4.47. The summed E-state index contributed by atoms with van der Waals surface area (Å²) in [4.78, 5) is 14.4. The highest BCUT2D eigenvalue weighted by Gasteiger charge is 2.46. The Morgan fingerprint density at radius 3 is 2.05 bits per heavy atom. The maximum absolute atomic E-state index is 11.8. The summed E-state index contributed by atoms with van der Waals surface area (Å²) in [6.07, 6.45) is 0.557. The van der Waals surface area contributed by atoms with Crippen molar-refractivity contribution in [2.45, 2.75) is 21.6 Å². The van der Waals surface area contributed by atoms with E-state index in [0.717, 1.165) is 0 Å². The smallest absolute Gasteiger partial charge is 0.221 e. The molecule has 2 aromatic carbocycles. The Morgan fingerprint density at radius 2 is 1.53 bits per heavy atom. The summed E-state index contributed by atoms with van der Waals surface area (Å²) in [5.74, 6) is 0.150. The minimum atomic E-state index is -0.171. The molecule has 0 radical (unpaired) electrons. The van der Waals surface area contributed by atoms with Gasteiger partial charge in [-0.1, -0.05) is 48.2 Å². The lowest BCUT2D eigenvalue weighted by molar-refractivity contribution is -0.119. The molecule has 1 spiro atoms. The molecule has 0 aliphatic carbocycles. The third-order valence-electron chi connectivity index (χ3n) is 4.07. The number of nitrogens with one attached hydrogen (secondary N) is 1. The minimum absolute atomic E-state index is 0.150. The number of rotatable bonds is 0. The van der Waals surface area contributed by atoms with Gasteiger partial charge >= 0.3 is 0 Å². The van der Waals surface area contributed by atoms with E-state index in [1.165, 1.54) is 20.9 Å². The number of carbonyl (C=O) groups excluding carboxylic acids is 1. The lowest BCUT2D eigenvalue weighted by atomic mass is 9.73. The molecule has 1 saturated heterocycles. The van der Waals surface area contributed by atoms with Crippen molar-refractivity contribution in [3.8, 4) is 0 Å². The van der Waals surface area contributed by atoms with Crippen LogP contribution < -0.4 is 5.32 Å². The first kappa shape index (κ1) is 11.1. The van der Waals surface area contributed by atoms with E-state index in [4.69, 9.17) is 0 Å². The monoisotopic (exact) mass is 267 g/mol. The first-order chi connectivity index (χ1) is 9.29. The first-order valence-electron chi connectivity index (χ1n) is 6.43. The van der Waals surface area contributed by atoms with Crippen LogP contribution in [0.3, 0.4) is 0 Å². The van der Waals surface area contributed by atoms with Crippen LogP contribution in [0.2, 0.25) is 0 Å². The summed E-state index contributed by atoms with van der Waals surface area (Å²) in [5.41, 5.74) is 2.41. The minimum Gasteiger partial charge on any atom is -0.355 e. The van der Waals surface area contributed by atoms with Crippen LogP contribution in [0.1, 0.15) is 17.5 Å². The van der Waals surface area contributed by atoms with E-state index >= 15 is 0 Å². The van der Waals surface area contributed by atoms with E-state index in [0.29, 0.717) is 13.0 Å². The van der Waals surface area contributed by atoms with Gasteiger partial charge in [0.25, 0.3) is 0 Å². The summed E-state index contributed by atoms with van der Waals surface area (Å²) >= 11 is 1.81. The molecular formula is C16H13NOS. The summed E-state index contributed by atoms with van der Waals surface area (Å²) in [6.45, 7) is 0.709. The highest BCUT2D eigenvalue weighted by atomic mass is 32.2. The molecule has 2 aliphatic heterocycles. The molecule has 1 fully saturated rings. The fourth-order valence-electron chi connectivity index (χ4n) is 3.19. The molecule has 3 heteroatoms. The third kappa shape index (κ3) is 1.48. The van der Waals surface area contributed by atoms with Gasteiger partial charge in [0, 0.05) is 28.2 Å². The molecule has 0 atom stereocenters. The quantitative estimate of drug-likeness (QED) is 0.795. The van der Waals surface area contributed by atoms with Crippen molar-refractivity contribution in [2.75, 3.05) is 6.54 Å². The Hall–Kier alpha value is -1.74. The zero-order valence-corrected chi connectivity index (χ0v) is 11.2. The maximum Gasteiger partial charge on any atom is 0.221 e. The van der Waals surface area contributed by atoms with Crippen molar-refractivity contribution in [2.24, 2.45) is 0 Å². The molecule has 0 unspecified atom stereocenters. The largest absolute Gasteiger partial charge is 0.355 e. The molecule has 2 nitrogen and oxygen atoms in total. The topological polar surface area (TPSA) is 29.1 Å². The Bertz CT molecular complexity index is 634. The van der Waals surface area contributed by atoms with Gasteiger partial charge in [0.2, 0.25) is 5.91 Å². The molecule has 19 heavy (non-hydrogen) atoms. The molecule has 4 rings (SSSR count). The van der Waals surface area contributed by atoms with Crippen LogP contribution in [-0.4, -0.2) is 12.5 Å². The highest BCUT2D eigenvalue weighted by Crippen LogP contribution is 2.51. The Balaban J connectivity index is 2.01. The standard InChI is InChI=1S/C16H13NOS/c18-15-9-16(10-17-15)11-5-1-3-7-13(11)19-14-8-4-2-6-12(14)16/h1-8H,9-10H2,(H,17,18). The number of carbonyl (C=O) groups is 1. The predicted molar refractivity (Wildman–Crippen MR) is 75.4 cm³/mol. The van der Waals surface area contributed by atoms with Gasteiger partial charge in [-0.05, 0) is 23.3 Å². The van der Waals surface area contributed by atoms with E-state index in [1.807, 2.05) is 0 Å². The molecule has 1 amide bonds. The van der Waals surface area contributed by atoms with Crippen LogP contribution in [0.5, 0.6) is 0 Å². The number of amides is 1. The second-order valence-electron chi connectivity index (χ2n) is 5.13. The van der Waals surface area contributed by atoms with Crippen molar-refractivity contribution >= 4 is 17.7 Å². The SMILES string of the molecule is O=C1CC2(CN1)c1ccccc1Sc1ccccc12. The van der Waals surface area contributed by atoms with Crippen LogP contribution in [-0.2, 0) is 10.2 Å². The van der Waals surface area contributed by atoms with Crippen LogP contribution in [0.4, 0.5) is 0 Å². The maximum atomic E-state index is 11.8. The Kier molecular flexibility index (Phi) is 2.27. The van der Waals surface area contributed by atoms with E-state index < -0.39 is 0 Å². The molecule has 2 aliphatic rings. The summed E-state index contributed by atoms with van der Waals surface area (Å²) in [5, 5.41) is 3.01. The van der Waals surface area contributed by atoms with Gasteiger partial charge in [0.05, 0.1) is 0 Å². The number of hydrogen-bond acceptors (Lipinski definition) is 2. The van der Waals surface area contributed by atoms with Crippen molar-refractivity contribution in [3.05, 3.63) is 59.7 Å². The Labute approximate surface area is 116 Å². The lowest BCUT2D eigenvalue weighted by Gasteiger charge is -2.36. The van der Waals surface area contributed by atoms with Gasteiger partial charge in [0.15, 0.2) is 0 Å². The summed E-state index contributed by atoms with van der Waals surface area (Å²) in [7, 11) is 0. The van der Waals surface area contributed by atoms with Gasteiger partial charge in [0.1, 0.15) is 0 Å². The average Bonchev–Trinajstić information content (AvgIpc) is 2.82. The fraction of sp³-hybridized carbons (Fsp3) is 0.188. The number of fused-ring (bicyclic) bond motifs is 4. The van der Waals surface area contributed by atoms with E-state index in [1.54, 1.807) is 11.8 Å². The second-order valence-corrected chi connectivity index (χ2v) is 6.21. The molecule has 94 valence electrons. The van der Waals surface area contributed by atoms with Gasteiger partial charge in [-0.15, -0.1) is 0 Å². The summed E-state index contributed by atoms with van der Waals surface area (Å²) < 4.78 is 0. The molecule has 0 aromatic heterocycles. The van der Waals surface area contributed by atoms with Gasteiger partial charge in [-0.2, -0.15) is 0 Å². The number of hydrogen-bond donors (Lipinski definition) is 1. The highest BCUT2D eigenvalue weighted by molar-refractivity contribution is 7.99. The predicted octanol–water partition coefficient (Wildman–Crippen LogP) is 2.96. The summed E-state index contributed by atoms with van der Waals surface area (Å²) in [6, 6.07) is 16.9. The van der Waals surface area contributed by atoms with Crippen molar-refractivity contribution < 1.29 is 4.79 Å². The van der Waals surface area contributed by atoms with Gasteiger partial charge in [-0.3, -0.25) is 4.79 Å². The zero-order chi connectivity index (χ0) is 12.9. The van der Waals surface area contributed by atoms with Crippen LogP contribution in [0, 0.1) is 0 Å². The van der Waals surface area contributed by atoms with E-state index in [-0.39, 0.29) is 11.3 Å². The molecule has 2 aromatic rings. The molecule has 1 N–H and O–H groups in total. The van der Waals surface area contributed by atoms with Gasteiger partial charge in [-0.25, -0.2) is 0 Å². The number of benzene rings is 2. The first-order valence-corrected chi connectivity index (χ1v) is 7.25. The van der Waals surface area contributed by atoms with E-state index in [2.05, 4.69) is 53.8 Å². The van der Waals surface area contributed by atoms with Crippen molar-refractivity contribution in [3.63, 3.8) is 0 Å². The van der Waals surface area contributed by atoms with Crippen molar-refractivity contribution in [1.82, 2.24) is 5.32 Å². The van der Waals surface area contributed by atoms with Crippen LogP contribution in [0.15, 0.2) is 58.3 Å².